The van der Waals surface area contributed by atoms with Crippen molar-refractivity contribution in [3.63, 3.8) is 0 Å². The number of carbonyl (C=O) groups is 1. The molecule has 0 N–H and O–H groups in total. The lowest BCUT2D eigenvalue weighted by Gasteiger charge is -2.06. The number of carbonyl (C=O) groups excluding carboxylic acids is 1. The van der Waals surface area contributed by atoms with Crippen LogP contribution in [-0.2, 0) is 0 Å². The highest BCUT2D eigenvalue weighted by molar-refractivity contribution is 5.98. The third-order valence-electron chi connectivity index (χ3n) is 3.32. The molecule has 1 aromatic carbocycles. The lowest BCUT2D eigenvalue weighted by atomic mass is 10.0. The van der Waals surface area contributed by atoms with Gasteiger partial charge < -0.3 is 8.98 Å². The maximum absolute atomic E-state index is 11.9. The molecule has 0 aliphatic carbocycles. The van der Waals surface area contributed by atoms with Gasteiger partial charge in [-0.1, -0.05) is 29.8 Å². The second kappa shape index (κ2) is 5.63. The molecule has 2 aromatic heterocycles. The maximum Gasteiger partial charge on any atom is 0.286 e. The van der Waals surface area contributed by atoms with E-state index in [1.807, 2.05) is 43.3 Å². The van der Waals surface area contributed by atoms with E-state index in [2.05, 4.69) is 10.0 Å². The molecule has 2 heterocycles. The van der Waals surface area contributed by atoms with E-state index in [1.165, 1.54) is 6.26 Å². The second-order valence-corrected chi connectivity index (χ2v) is 4.78. The summed E-state index contributed by atoms with van der Waals surface area (Å²) in [5.41, 5.74) is 11.8. The van der Waals surface area contributed by atoms with E-state index in [9.17, 15) is 4.79 Å². The molecule has 22 heavy (non-hydrogen) atoms. The summed E-state index contributed by atoms with van der Waals surface area (Å²) in [6.45, 7) is 2.00. The van der Waals surface area contributed by atoms with Crippen molar-refractivity contribution in [2.24, 2.45) is 5.11 Å². The Kier molecular flexibility index (Phi) is 3.52. The molecule has 0 aliphatic heterocycles. The highest BCUT2D eigenvalue weighted by Gasteiger charge is 2.21. The molecule has 0 fully saturated rings. The van der Waals surface area contributed by atoms with Gasteiger partial charge in [0.2, 0.25) is 5.76 Å². The number of azide groups is 1. The third kappa shape index (κ3) is 2.39. The highest BCUT2D eigenvalue weighted by Crippen LogP contribution is 2.32. The fraction of sp³-hybridized carbons (Fsp3) is 0.0625. The Balaban J connectivity index is 2.21. The molecule has 6 heteroatoms. The van der Waals surface area contributed by atoms with Gasteiger partial charge in [-0.2, -0.15) is 0 Å². The summed E-state index contributed by atoms with van der Waals surface area (Å²) >= 11 is 0. The minimum absolute atomic E-state index is 0.0181. The number of benzene rings is 1. The standard InChI is InChI=1S/C16H12N4O2/c1-11-4-6-12(7-5-11)13-10-22-15(16(21)18-19-17)14(13)20-8-2-3-9-20/h2-10H,1H3. The van der Waals surface area contributed by atoms with E-state index >= 15 is 0 Å². The zero-order valence-corrected chi connectivity index (χ0v) is 11.8. The van der Waals surface area contributed by atoms with Crippen LogP contribution in [-0.4, -0.2) is 10.5 Å². The van der Waals surface area contributed by atoms with Crippen LogP contribution in [0.15, 0.2) is 64.6 Å². The first-order valence-electron chi connectivity index (χ1n) is 6.62. The summed E-state index contributed by atoms with van der Waals surface area (Å²) in [4.78, 5) is 14.5. The second-order valence-electron chi connectivity index (χ2n) is 4.78. The molecule has 1 amide bonds. The lowest BCUT2D eigenvalue weighted by molar-refractivity contribution is 0.0974. The molecule has 0 saturated heterocycles. The number of hydrogen-bond acceptors (Lipinski definition) is 2. The van der Waals surface area contributed by atoms with Gasteiger partial charge in [0.1, 0.15) is 12.0 Å². The van der Waals surface area contributed by atoms with E-state index in [0.717, 1.165) is 16.7 Å². The van der Waals surface area contributed by atoms with Crippen molar-refractivity contribution in [2.75, 3.05) is 0 Å². The summed E-state index contributed by atoms with van der Waals surface area (Å²) < 4.78 is 7.15. The Morgan fingerprint density at radius 3 is 2.55 bits per heavy atom. The van der Waals surface area contributed by atoms with Crippen LogP contribution in [0.3, 0.4) is 0 Å². The molecule has 0 aliphatic rings. The van der Waals surface area contributed by atoms with Crippen LogP contribution < -0.4 is 0 Å². The number of furan rings is 1. The zero-order valence-electron chi connectivity index (χ0n) is 11.8. The fourth-order valence-electron chi connectivity index (χ4n) is 2.27. The van der Waals surface area contributed by atoms with Crippen molar-refractivity contribution in [3.05, 3.63) is 76.8 Å². The Morgan fingerprint density at radius 2 is 1.91 bits per heavy atom. The third-order valence-corrected chi connectivity index (χ3v) is 3.32. The Labute approximate surface area is 126 Å². The van der Waals surface area contributed by atoms with E-state index in [1.54, 1.807) is 17.0 Å². The van der Waals surface area contributed by atoms with E-state index in [0.29, 0.717) is 5.69 Å². The van der Waals surface area contributed by atoms with Gasteiger partial charge >= 0.3 is 0 Å². The number of aromatic nitrogens is 1. The van der Waals surface area contributed by atoms with Crippen molar-refractivity contribution in [1.29, 1.82) is 0 Å². The van der Waals surface area contributed by atoms with Gasteiger partial charge in [-0.15, -0.1) is 0 Å². The predicted molar refractivity (Wildman–Crippen MR) is 81.7 cm³/mol. The molecule has 0 saturated carbocycles. The van der Waals surface area contributed by atoms with Gasteiger partial charge in [-0.05, 0) is 35.3 Å². The Morgan fingerprint density at radius 1 is 1.23 bits per heavy atom. The van der Waals surface area contributed by atoms with Crippen LogP contribution >= 0.6 is 0 Å². The average molecular weight is 292 g/mol. The number of aryl methyl sites for hydroxylation is 1. The molecule has 0 spiro atoms. The van der Waals surface area contributed by atoms with E-state index in [-0.39, 0.29) is 5.76 Å². The molecule has 0 bridgehead atoms. The van der Waals surface area contributed by atoms with Crippen LogP contribution in [0.1, 0.15) is 16.1 Å². The Bertz CT molecular complexity index is 854. The zero-order chi connectivity index (χ0) is 15.5. The molecular formula is C16H12N4O2. The van der Waals surface area contributed by atoms with Crippen LogP contribution in [0.4, 0.5) is 0 Å². The smallest absolute Gasteiger partial charge is 0.286 e. The largest absolute Gasteiger partial charge is 0.458 e. The average Bonchev–Trinajstić information content (AvgIpc) is 3.17. The predicted octanol–water partition coefficient (Wildman–Crippen LogP) is 4.50. The van der Waals surface area contributed by atoms with Crippen molar-refractivity contribution in [3.8, 4) is 16.8 Å². The summed E-state index contributed by atoms with van der Waals surface area (Å²) in [5, 5.41) is 3.12. The Hall–Kier alpha value is -3.24. The quantitative estimate of drug-likeness (QED) is 0.404. The molecule has 3 aromatic rings. The first-order chi connectivity index (χ1) is 10.7. The molecule has 3 rings (SSSR count). The van der Waals surface area contributed by atoms with Gasteiger partial charge in [0.05, 0.1) is 0 Å². The molecule has 108 valence electrons. The van der Waals surface area contributed by atoms with Crippen LogP contribution in [0.5, 0.6) is 0 Å². The number of hydrogen-bond donors (Lipinski definition) is 0. The van der Waals surface area contributed by atoms with Gasteiger partial charge in [0.15, 0.2) is 0 Å². The lowest BCUT2D eigenvalue weighted by Crippen LogP contribution is -2.00. The molecule has 0 atom stereocenters. The topological polar surface area (TPSA) is 83.9 Å². The maximum atomic E-state index is 11.9. The number of nitrogens with zero attached hydrogens (tertiary/aromatic N) is 4. The fourth-order valence-corrected chi connectivity index (χ4v) is 2.27. The van der Waals surface area contributed by atoms with E-state index < -0.39 is 5.91 Å². The summed E-state index contributed by atoms with van der Waals surface area (Å²) in [5.74, 6) is -0.728. The van der Waals surface area contributed by atoms with E-state index in [4.69, 9.17) is 9.95 Å². The van der Waals surface area contributed by atoms with Crippen molar-refractivity contribution >= 4 is 5.91 Å². The molecule has 0 radical (unpaired) electrons. The van der Waals surface area contributed by atoms with Crippen molar-refractivity contribution < 1.29 is 9.21 Å². The number of amides is 1. The molecular weight excluding hydrogens is 280 g/mol. The van der Waals surface area contributed by atoms with Gasteiger partial charge in [0.25, 0.3) is 5.91 Å². The van der Waals surface area contributed by atoms with Gasteiger partial charge in [-0.25, -0.2) is 0 Å². The SMILES string of the molecule is Cc1ccc(-c2coc(C(=O)N=[N+]=[N-])c2-n2cccc2)cc1. The summed E-state index contributed by atoms with van der Waals surface area (Å²) in [7, 11) is 0. The summed E-state index contributed by atoms with van der Waals surface area (Å²) in [6, 6.07) is 11.6. The van der Waals surface area contributed by atoms with Crippen molar-refractivity contribution in [2.45, 2.75) is 6.92 Å². The van der Waals surface area contributed by atoms with Gasteiger partial charge in [-0.3, -0.25) is 4.79 Å². The summed E-state index contributed by atoms with van der Waals surface area (Å²) in [6.07, 6.45) is 5.10. The normalized spacial score (nSPS) is 10.2. The van der Waals surface area contributed by atoms with Crippen LogP contribution in [0.25, 0.3) is 27.3 Å². The number of rotatable bonds is 3. The molecule has 0 unspecified atom stereocenters. The van der Waals surface area contributed by atoms with Crippen LogP contribution in [0.2, 0.25) is 0 Å². The molecule has 6 nitrogen and oxygen atoms in total. The first-order valence-corrected chi connectivity index (χ1v) is 6.62. The minimum Gasteiger partial charge on any atom is -0.458 e. The minimum atomic E-state index is -0.746. The van der Waals surface area contributed by atoms with Crippen LogP contribution in [0, 0.1) is 6.92 Å². The van der Waals surface area contributed by atoms with Gasteiger partial charge in [0, 0.05) is 22.9 Å². The monoisotopic (exact) mass is 292 g/mol. The first kappa shape index (κ1) is 13.7. The highest BCUT2D eigenvalue weighted by atomic mass is 16.3. The van der Waals surface area contributed by atoms with Crippen molar-refractivity contribution in [1.82, 2.24) is 4.57 Å².